The first kappa shape index (κ1) is 17.0. The summed E-state index contributed by atoms with van der Waals surface area (Å²) >= 11 is 0. The smallest absolute Gasteiger partial charge is 0.274 e. The molecule has 0 aliphatic carbocycles. The molecule has 2 aromatic carbocycles. The number of nitrogens with zero attached hydrogens (tertiary/aromatic N) is 3. The maximum atomic E-state index is 14.0. The molecule has 1 amide bonds. The number of amides is 1. The van der Waals surface area contributed by atoms with Gasteiger partial charge >= 0.3 is 0 Å². The number of benzene rings is 2. The van der Waals surface area contributed by atoms with Crippen LogP contribution in [0.5, 0.6) is 0 Å². The Kier molecular flexibility index (Phi) is 4.58. The molecule has 0 saturated carbocycles. The molecule has 0 spiro atoms. The lowest BCUT2D eigenvalue weighted by molar-refractivity contribution is 0.101. The highest BCUT2D eigenvalue weighted by Gasteiger charge is 2.17. The molecule has 6 nitrogen and oxygen atoms in total. The number of aryl methyl sites for hydroxylation is 1. The Morgan fingerprint density at radius 3 is 2.77 bits per heavy atom. The molecular formula is C19H13FN4O2. The van der Waals surface area contributed by atoms with Crippen molar-refractivity contribution in [2.45, 2.75) is 6.92 Å². The molecular weight excluding hydrogens is 335 g/mol. The number of nitrogens with one attached hydrogen (secondary N) is 1. The minimum absolute atomic E-state index is 0.0408. The number of hydrogen-bond donors (Lipinski definition) is 1. The number of rotatable bonds is 4. The number of carbonyl (C=O) groups excluding carboxylic acids is 2. The topological polar surface area (TPSA) is 68.3 Å². The molecule has 0 unspecified atom stereocenters. The summed E-state index contributed by atoms with van der Waals surface area (Å²) in [6, 6.07) is 12.0. The molecule has 26 heavy (non-hydrogen) atoms. The summed E-state index contributed by atoms with van der Waals surface area (Å²) in [5.41, 5.74) is 1.90. The van der Waals surface area contributed by atoms with Gasteiger partial charge in [-0.1, -0.05) is 12.1 Å². The average molecular weight is 348 g/mol. The third-order valence-electron chi connectivity index (χ3n) is 3.64. The summed E-state index contributed by atoms with van der Waals surface area (Å²) in [7, 11) is 0. The van der Waals surface area contributed by atoms with Gasteiger partial charge in [0.25, 0.3) is 5.91 Å². The summed E-state index contributed by atoms with van der Waals surface area (Å²) in [5, 5.41) is 6.76. The molecule has 0 aliphatic heterocycles. The Morgan fingerprint density at radius 2 is 2.08 bits per heavy atom. The summed E-state index contributed by atoms with van der Waals surface area (Å²) in [6.07, 6.45) is 0.525. The zero-order valence-electron chi connectivity index (χ0n) is 13.7. The molecule has 1 heterocycles. The Balaban J connectivity index is 1.96. The normalized spacial score (nSPS) is 10.2. The minimum atomic E-state index is -0.708. The number of hydrogen-bond acceptors (Lipinski definition) is 3. The van der Waals surface area contributed by atoms with Crippen LogP contribution in [-0.2, 0) is 0 Å². The van der Waals surface area contributed by atoms with Crippen molar-refractivity contribution >= 4 is 23.6 Å². The Hall–Kier alpha value is -3.79. The minimum Gasteiger partial charge on any atom is -0.318 e. The van der Waals surface area contributed by atoms with E-state index in [0.29, 0.717) is 23.4 Å². The van der Waals surface area contributed by atoms with Crippen molar-refractivity contribution in [1.82, 2.24) is 9.78 Å². The molecule has 0 radical (unpaired) electrons. The van der Waals surface area contributed by atoms with Crippen LogP contribution in [0.1, 0.15) is 26.5 Å². The van der Waals surface area contributed by atoms with Crippen molar-refractivity contribution in [1.29, 1.82) is 0 Å². The zero-order chi connectivity index (χ0) is 18.7. The Bertz CT molecular complexity index is 1050. The first-order valence-electron chi connectivity index (χ1n) is 7.62. The molecule has 0 bridgehead atoms. The van der Waals surface area contributed by atoms with E-state index in [9.17, 15) is 14.0 Å². The maximum absolute atomic E-state index is 14.0. The van der Waals surface area contributed by atoms with Crippen LogP contribution in [0, 0.1) is 19.3 Å². The predicted octanol–water partition coefficient (Wildman–Crippen LogP) is 3.94. The van der Waals surface area contributed by atoms with Gasteiger partial charge < -0.3 is 5.32 Å². The van der Waals surface area contributed by atoms with Gasteiger partial charge in [0.15, 0.2) is 5.69 Å². The van der Waals surface area contributed by atoms with E-state index >= 15 is 0 Å². The van der Waals surface area contributed by atoms with Gasteiger partial charge in [0, 0.05) is 5.56 Å². The van der Waals surface area contributed by atoms with Crippen LogP contribution in [0.15, 0.2) is 48.5 Å². The SMILES string of the molecule is [C-]#[N+]c1cccc(-n2nc(C)cc2C(=O)Nc2ccc(C=O)cc2F)c1. The van der Waals surface area contributed by atoms with Gasteiger partial charge in [-0.25, -0.2) is 13.9 Å². The monoisotopic (exact) mass is 348 g/mol. The van der Waals surface area contributed by atoms with Crippen molar-refractivity contribution in [2.24, 2.45) is 0 Å². The van der Waals surface area contributed by atoms with Crippen LogP contribution in [0.4, 0.5) is 15.8 Å². The zero-order valence-corrected chi connectivity index (χ0v) is 13.7. The number of carbonyl (C=O) groups is 2. The van der Waals surface area contributed by atoms with Gasteiger partial charge in [0.2, 0.25) is 0 Å². The first-order chi connectivity index (χ1) is 12.5. The second-order valence-electron chi connectivity index (χ2n) is 5.53. The predicted molar refractivity (Wildman–Crippen MR) is 94.3 cm³/mol. The molecule has 0 fully saturated rings. The van der Waals surface area contributed by atoms with Crippen LogP contribution in [-0.4, -0.2) is 22.0 Å². The fraction of sp³-hybridized carbons (Fsp3) is 0.0526. The second-order valence-corrected chi connectivity index (χ2v) is 5.53. The molecule has 3 rings (SSSR count). The lowest BCUT2D eigenvalue weighted by Gasteiger charge is -2.09. The second kappa shape index (κ2) is 6.99. The lowest BCUT2D eigenvalue weighted by Crippen LogP contribution is -2.17. The standard InChI is InChI=1S/C19H13FN4O2/c1-12-8-18(24(23-12)15-5-3-4-14(10-15)21-2)19(26)22-17-7-6-13(11-25)9-16(17)20/h3-11H,1H3,(H,22,26). The van der Waals surface area contributed by atoms with Gasteiger partial charge in [-0.2, -0.15) is 5.10 Å². The summed E-state index contributed by atoms with van der Waals surface area (Å²) in [6.45, 7) is 8.83. The van der Waals surface area contributed by atoms with E-state index in [1.54, 1.807) is 37.3 Å². The molecule has 1 aromatic heterocycles. The summed E-state index contributed by atoms with van der Waals surface area (Å²) < 4.78 is 15.4. The van der Waals surface area contributed by atoms with Gasteiger partial charge in [0.1, 0.15) is 17.8 Å². The highest BCUT2D eigenvalue weighted by Crippen LogP contribution is 2.21. The van der Waals surface area contributed by atoms with Gasteiger partial charge in [-0.3, -0.25) is 9.59 Å². The van der Waals surface area contributed by atoms with Crippen molar-refractivity contribution in [3.8, 4) is 5.69 Å². The summed E-state index contributed by atoms with van der Waals surface area (Å²) in [5.74, 6) is -1.27. The highest BCUT2D eigenvalue weighted by atomic mass is 19.1. The van der Waals surface area contributed by atoms with Crippen molar-refractivity contribution in [3.05, 3.63) is 82.7 Å². The lowest BCUT2D eigenvalue weighted by atomic mass is 10.2. The Labute approximate surface area is 148 Å². The quantitative estimate of drug-likeness (QED) is 0.574. The number of halogens is 1. The molecule has 1 N–H and O–H groups in total. The van der Waals surface area contributed by atoms with Crippen molar-refractivity contribution < 1.29 is 14.0 Å². The molecule has 0 atom stereocenters. The third kappa shape index (κ3) is 3.35. The molecule has 128 valence electrons. The number of aldehydes is 1. The third-order valence-corrected chi connectivity index (χ3v) is 3.64. The van der Waals surface area contributed by atoms with E-state index in [4.69, 9.17) is 6.57 Å². The molecule has 0 saturated heterocycles. The molecule has 7 heteroatoms. The van der Waals surface area contributed by atoms with Crippen LogP contribution in [0.2, 0.25) is 0 Å². The van der Waals surface area contributed by atoms with Crippen LogP contribution in [0.3, 0.4) is 0 Å². The van der Waals surface area contributed by atoms with Crippen molar-refractivity contribution in [2.75, 3.05) is 5.32 Å². The fourth-order valence-corrected chi connectivity index (χ4v) is 2.44. The molecule has 3 aromatic rings. The van der Waals surface area contributed by atoms with E-state index in [2.05, 4.69) is 15.3 Å². The Morgan fingerprint density at radius 1 is 1.27 bits per heavy atom. The average Bonchev–Trinajstić information content (AvgIpc) is 3.05. The first-order valence-corrected chi connectivity index (χ1v) is 7.62. The van der Waals surface area contributed by atoms with Gasteiger partial charge in [-0.15, -0.1) is 0 Å². The summed E-state index contributed by atoms with van der Waals surface area (Å²) in [4.78, 5) is 26.7. The van der Waals surface area contributed by atoms with Crippen LogP contribution in [0.25, 0.3) is 10.5 Å². The maximum Gasteiger partial charge on any atom is 0.274 e. The van der Waals surface area contributed by atoms with E-state index in [1.165, 1.54) is 16.8 Å². The molecule has 0 aliphatic rings. The van der Waals surface area contributed by atoms with E-state index in [1.807, 2.05) is 0 Å². The van der Waals surface area contributed by atoms with Crippen LogP contribution >= 0.6 is 0 Å². The van der Waals surface area contributed by atoms with Crippen molar-refractivity contribution in [3.63, 3.8) is 0 Å². The van der Waals surface area contributed by atoms with E-state index < -0.39 is 11.7 Å². The fourth-order valence-electron chi connectivity index (χ4n) is 2.44. The van der Waals surface area contributed by atoms with E-state index in [-0.39, 0.29) is 16.9 Å². The largest absolute Gasteiger partial charge is 0.318 e. The number of anilines is 1. The number of aromatic nitrogens is 2. The van der Waals surface area contributed by atoms with Gasteiger partial charge in [0.05, 0.1) is 23.6 Å². The van der Waals surface area contributed by atoms with E-state index in [0.717, 1.165) is 6.07 Å². The van der Waals surface area contributed by atoms with Gasteiger partial charge in [-0.05, 0) is 43.3 Å². The highest BCUT2D eigenvalue weighted by molar-refractivity contribution is 6.03. The van der Waals surface area contributed by atoms with Crippen LogP contribution < -0.4 is 5.32 Å².